The van der Waals surface area contributed by atoms with E-state index < -0.39 is 5.97 Å². The summed E-state index contributed by atoms with van der Waals surface area (Å²) in [4.78, 5) is 14.7. The first kappa shape index (κ1) is 11.1. The fraction of sp³-hybridized carbons (Fsp3) is 0. The number of hydrogen-bond donors (Lipinski definition) is 2. The number of nitrogens with zero attached hydrogens (tertiary/aromatic N) is 4. The third-order valence-electron chi connectivity index (χ3n) is 2.63. The summed E-state index contributed by atoms with van der Waals surface area (Å²) in [6, 6.07) is 8.92. The van der Waals surface area contributed by atoms with Gasteiger partial charge in [0.25, 0.3) is 0 Å². The molecule has 0 spiro atoms. The fourth-order valence-electron chi connectivity index (χ4n) is 1.73. The second-order valence-electron chi connectivity index (χ2n) is 3.86. The monoisotopic (exact) mass is 255 g/mol. The summed E-state index contributed by atoms with van der Waals surface area (Å²) in [6.45, 7) is 0. The Hall–Kier alpha value is -2.96. The lowest BCUT2D eigenvalue weighted by Crippen LogP contribution is -1.95. The zero-order chi connectivity index (χ0) is 13.2. The van der Waals surface area contributed by atoms with Crippen LogP contribution in [0.5, 0.6) is 0 Å². The van der Waals surface area contributed by atoms with Crippen LogP contribution in [0, 0.1) is 0 Å². The second-order valence-corrected chi connectivity index (χ2v) is 3.86. The average Bonchev–Trinajstić information content (AvgIpc) is 3.10. The van der Waals surface area contributed by atoms with E-state index in [-0.39, 0.29) is 5.69 Å². The van der Waals surface area contributed by atoms with E-state index >= 15 is 0 Å². The van der Waals surface area contributed by atoms with Gasteiger partial charge in [-0.25, -0.2) is 14.5 Å². The fourth-order valence-corrected chi connectivity index (χ4v) is 1.73. The highest BCUT2D eigenvalue weighted by molar-refractivity contribution is 5.86. The van der Waals surface area contributed by atoms with Gasteiger partial charge in [-0.15, -0.1) is 0 Å². The van der Waals surface area contributed by atoms with Crippen molar-refractivity contribution >= 4 is 5.97 Å². The number of carbonyl (C=O) groups is 1. The standard InChI is InChI=1S/C12H9N5O2/c18-12(19)11-5-10(15-16-11)8-2-1-3-9(4-8)17-7-13-6-14-17/h1-7H,(H,15,16)(H,18,19). The van der Waals surface area contributed by atoms with Crippen molar-refractivity contribution in [3.8, 4) is 16.9 Å². The first-order valence-corrected chi connectivity index (χ1v) is 5.48. The van der Waals surface area contributed by atoms with Crippen molar-refractivity contribution in [2.24, 2.45) is 0 Å². The molecule has 0 saturated heterocycles. The molecule has 0 saturated carbocycles. The molecule has 0 aliphatic carbocycles. The summed E-state index contributed by atoms with van der Waals surface area (Å²) in [5.41, 5.74) is 2.26. The Morgan fingerprint density at radius 2 is 2.21 bits per heavy atom. The van der Waals surface area contributed by atoms with Gasteiger partial charge in [0.2, 0.25) is 0 Å². The minimum atomic E-state index is -1.04. The highest BCUT2D eigenvalue weighted by Gasteiger charge is 2.09. The van der Waals surface area contributed by atoms with Crippen LogP contribution < -0.4 is 0 Å². The van der Waals surface area contributed by atoms with Gasteiger partial charge in [-0.3, -0.25) is 5.10 Å². The normalized spacial score (nSPS) is 10.5. The van der Waals surface area contributed by atoms with Gasteiger partial charge < -0.3 is 5.11 Å². The van der Waals surface area contributed by atoms with Gasteiger partial charge in [-0.1, -0.05) is 12.1 Å². The molecule has 0 radical (unpaired) electrons. The molecule has 19 heavy (non-hydrogen) atoms. The summed E-state index contributed by atoms with van der Waals surface area (Å²) < 4.78 is 1.62. The smallest absolute Gasteiger partial charge is 0.353 e. The maximum Gasteiger partial charge on any atom is 0.353 e. The minimum absolute atomic E-state index is 0.0566. The van der Waals surface area contributed by atoms with Crippen molar-refractivity contribution in [3.63, 3.8) is 0 Å². The maximum absolute atomic E-state index is 10.8. The van der Waals surface area contributed by atoms with Gasteiger partial charge in [0.1, 0.15) is 18.3 Å². The Morgan fingerprint density at radius 3 is 2.89 bits per heavy atom. The zero-order valence-corrected chi connectivity index (χ0v) is 9.69. The average molecular weight is 255 g/mol. The molecule has 2 heterocycles. The molecule has 7 nitrogen and oxygen atoms in total. The zero-order valence-electron chi connectivity index (χ0n) is 9.69. The molecule has 0 bridgehead atoms. The first-order valence-electron chi connectivity index (χ1n) is 5.48. The Bertz CT molecular complexity index is 717. The molecule has 0 aliphatic rings. The summed E-state index contributed by atoms with van der Waals surface area (Å²) in [6.07, 6.45) is 3.04. The van der Waals surface area contributed by atoms with Gasteiger partial charge in [0.15, 0.2) is 0 Å². The number of nitrogens with one attached hydrogen (secondary N) is 1. The van der Waals surface area contributed by atoms with E-state index in [1.807, 2.05) is 24.3 Å². The Balaban J connectivity index is 2.01. The lowest BCUT2D eigenvalue weighted by molar-refractivity contribution is 0.0690. The number of rotatable bonds is 3. The number of benzene rings is 1. The van der Waals surface area contributed by atoms with Crippen molar-refractivity contribution in [3.05, 3.63) is 48.7 Å². The number of aromatic nitrogens is 5. The predicted molar refractivity (Wildman–Crippen MR) is 65.9 cm³/mol. The minimum Gasteiger partial charge on any atom is -0.477 e. The van der Waals surface area contributed by atoms with Gasteiger partial charge in [0.05, 0.1) is 11.4 Å². The summed E-state index contributed by atoms with van der Waals surface area (Å²) >= 11 is 0. The van der Waals surface area contributed by atoms with Crippen LogP contribution in [-0.4, -0.2) is 36.0 Å². The number of hydrogen-bond acceptors (Lipinski definition) is 4. The summed E-state index contributed by atoms with van der Waals surface area (Å²) in [5.74, 6) is -1.04. The largest absolute Gasteiger partial charge is 0.477 e. The first-order chi connectivity index (χ1) is 9.24. The van der Waals surface area contributed by atoms with E-state index in [0.29, 0.717) is 5.69 Å². The van der Waals surface area contributed by atoms with E-state index in [9.17, 15) is 4.79 Å². The molecule has 3 aromatic rings. The SMILES string of the molecule is O=C(O)c1cc(-c2cccc(-n3cncn3)c2)n[nH]1. The molecule has 0 amide bonds. The van der Waals surface area contributed by atoms with Gasteiger partial charge in [-0.05, 0) is 18.2 Å². The van der Waals surface area contributed by atoms with Crippen molar-refractivity contribution in [1.29, 1.82) is 0 Å². The molecule has 1 aromatic carbocycles. The summed E-state index contributed by atoms with van der Waals surface area (Å²) in [7, 11) is 0. The number of carboxylic acid groups (broad SMARTS) is 1. The topological polar surface area (TPSA) is 96.7 Å². The quantitative estimate of drug-likeness (QED) is 0.736. The molecule has 2 N–H and O–H groups in total. The Morgan fingerprint density at radius 1 is 1.32 bits per heavy atom. The number of aromatic carboxylic acids is 1. The van der Waals surface area contributed by atoms with E-state index in [0.717, 1.165) is 11.3 Å². The van der Waals surface area contributed by atoms with E-state index in [4.69, 9.17) is 5.11 Å². The van der Waals surface area contributed by atoms with Crippen LogP contribution in [0.15, 0.2) is 43.0 Å². The van der Waals surface area contributed by atoms with Gasteiger partial charge >= 0.3 is 5.97 Å². The van der Waals surface area contributed by atoms with Crippen LogP contribution in [-0.2, 0) is 0 Å². The molecular weight excluding hydrogens is 246 g/mol. The Labute approximate surface area is 107 Å². The van der Waals surface area contributed by atoms with Crippen molar-refractivity contribution in [2.45, 2.75) is 0 Å². The third-order valence-corrected chi connectivity index (χ3v) is 2.63. The highest BCUT2D eigenvalue weighted by atomic mass is 16.4. The van der Waals surface area contributed by atoms with Crippen LogP contribution in [0.25, 0.3) is 16.9 Å². The van der Waals surface area contributed by atoms with Crippen LogP contribution in [0.1, 0.15) is 10.5 Å². The summed E-state index contributed by atoms with van der Waals surface area (Å²) in [5, 5.41) is 19.3. The molecule has 0 fully saturated rings. The van der Waals surface area contributed by atoms with E-state index in [2.05, 4.69) is 20.3 Å². The molecule has 94 valence electrons. The van der Waals surface area contributed by atoms with Crippen molar-refractivity contribution in [2.75, 3.05) is 0 Å². The number of H-pyrrole nitrogens is 1. The molecule has 0 aliphatic heterocycles. The lowest BCUT2D eigenvalue weighted by atomic mass is 10.1. The van der Waals surface area contributed by atoms with Gasteiger partial charge in [-0.2, -0.15) is 10.2 Å². The predicted octanol–water partition coefficient (Wildman–Crippen LogP) is 1.36. The number of carboxylic acids is 1. The Kier molecular flexibility index (Phi) is 2.57. The molecule has 0 atom stereocenters. The van der Waals surface area contributed by atoms with Crippen LogP contribution in [0.2, 0.25) is 0 Å². The van der Waals surface area contributed by atoms with Crippen LogP contribution in [0.3, 0.4) is 0 Å². The van der Waals surface area contributed by atoms with Crippen molar-refractivity contribution in [1.82, 2.24) is 25.0 Å². The van der Waals surface area contributed by atoms with E-state index in [1.165, 1.54) is 12.4 Å². The second kappa shape index (κ2) is 4.37. The molecular formula is C12H9N5O2. The molecule has 0 unspecified atom stereocenters. The lowest BCUT2D eigenvalue weighted by Gasteiger charge is -2.02. The van der Waals surface area contributed by atoms with Crippen molar-refractivity contribution < 1.29 is 9.90 Å². The highest BCUT2D eigenvalue weighted by Crippen LogP contribution is 2.20. The molecule has 3 rings (SSSR count). The van der Waals surface area contributed by atoms with E-state index in [1.54, 1.807) is 11.0 Å². The van der Waals surface area contributed by atoms with Crippen LogP contribution >= 0.6 is 0 Å². The molecule has 2 aromatic heterocycles. The third kappa shape index (κ3) is 2.08. The molecule has 7 heteroatoms. The van der Waals surface area contributed by atoms with Gasteiger partial charge in [0, 0.05) is 5.56 Å². The maximum atomic E-state index is 10.8. The van der Waals surface area contributed by atoms with Crippen LogP contribution in [0.4, 0.5) is 0 Å². The number of aromatic amines is 1.